The fourth-order valence-electron chi connectivity index (χ4n) is 4.13. The number of nitrogens with zero attached hydrogens (tertiary/aromatic N) is 3. The van der Waals surface area contributed by atoms with Crippen LogP contribution < -0.4 is 10.2 Å². The van der Waals surface area contributed by atoms with Crippen LogP contribution in [-0.2, 0) is 26.8 Å². The summed E-state index contributed by atoms with van der Waals surface area (Å²) in [5, 5.41) is 3.04. The predicted molar refractivity (Wildman–Crippen MR) is 87.9 cm³/mol. The number of anilines is 1. The molecular formula is C16H20N4O3S. The number of rotatable bonds is 2. The van der Waals surface area contributed by atoms with Crippen LogP contribution >= 0.6 is 0 Å². The fourth-order valence-corrected chi connectivity index (χ4v) is 4.54. The van der Waals surface area contributed by atoms with Gasteiger partial charge in [0.05, 0.1) is 10.8 Å². The van der Waals surface area contributed by atoms with Gasteiger partial charge in [-0.3, -0.25) is 18.7 Å². The van der Waals surface area contributed by atoms with Crippen molar-refractivity contribution in [1.82, 2.24) is 15.3 Å². The molecule has 24 heavy (non-hydrogen) atoms. The summed E-state index contributed by atoms with van der Waals surface area (Å²) >= 11 is 0. The average molecular weight is 348 g/mol. The van der Waals surface area contributed by atoms with Gasteiger partial charge in [-0.05, 0) is 19.3 Å². The van der Waals surface area contributed by atoms with Crippen molar-refractivity contribution in [3.8, 4) is 0 Å². The topological polar surface area (TPSA) is 92.3 Å². The fraction of sp³-hybridized carbons (Fsp3) is 0.625. The first kappa shape index (κ1) is 15.7. The monoisotopic (exact) mass is 348 g/mol. The summed E-state index contributed by atoms with van der Waals surface area (Å²) in [7, 11) is -1.31. The predicted octanol–water partition coefficient (Wildman–Crippen LogP) is 0.552. The van der Waals surface area contributed by atoms with Crippen molar-refractivity contribution in [3.05, 3.63) is 11.8 Å². The van der Waals surface area contributed by atoms with Gasteiger partial charge in [-0.25, -0.2) is 9.97 Å². The molecule has 1 aromatic rings. The summed E-state index contributed by atoms with van der Waals surface area (Å²) < 4.78 is 11.8. The Kier molecular flexibility index (Phi) is 3.67. The molecule has 1 unspecified atom stereocenters. The van der Waals surface area contributed by atoms with E-state index in [4.69, 9.17) is 0 Å². The maximum atomic E-state index is 13.3. The third kappa shape index (κ3) is 2.19. The highest BCUT2D eigenvalue weighted by molar-refractivity contribution is 7.84. The van der Waals surface area contributed by atoms with Crippen LogP contribution in [0, 0.1) is 5.41 Å². The average Bonchev–Trinajstić information content (AvgIpc) is 3.19. The first-order chi connectivity index (χ1) is 11.5. The molecule has 3 aliphatic rings. The van der Waals surface area contributed by atoms with Crippen molar-refractivity contribution in [2.24, 2.45) is 5.41 Å². The van der Waals surface area contributed by atoms with E-state index in [1.165, 1.54) is 6.26 Å². The Labute approximate surface area is 142 Å². The zero-order valence-corrected chi connectivity index (χ0v) is 14.4. The van der Waals surface area contributed by atoms with Crippen LogP contribution in [0.5, 0.6) is 0 Å². The molecule has 0 radical (unpaired) electrons. The molecule has 3 heterocycles. The van der Waals surface area contributed by atoms with E-state index in [9.17, 15) is 13.8 Å². The van der Waals surface area contributed by atoms with E-state index in [-0.39, 0.29) is 23.0 Å². The summed E-state index contributed by atoms with van der Waals surface area (Å²) in [6.07, 6.45) is 7.97. The van der Waals surface area contributed by atoms with Crippen molar-refractivity contribution < 1.29 is 13.8 Å². The summed E-state index contributed by atoms with van der Waals surface area (Å²) in [5.41, 5.74) is -0.223. The van der Waals surface area contributed by atoms with Crippen LogP contribution in [-0.4, -0.2) is 44.8 Å². The van der Waals surface area contributed by atoms with Gasteiger partial charge >= 0.3 is 0 Å². The molecule has 1 aliphatic carbocycles. The van der Waals surface area contributed by atoms with Crippen LogP contribution in [0.15, 0.2) is 11.4 Å². The lowest BCUT2D eigenvalue weighted by Crippen LogP contribution is -2.56. The zero-order valence-electron chi connectivity index (χ0n) is 13.6. The number of carbonyl (C=O) groups excluding carboxylic acids is 2. The van der Waals surface area contributed by atoms with Crippen LogP contribution in [0.25, 0.3) is 0 Å². The Bertz CT molecular complexity index is 747. The molecule has 2 aliphatic heterocycles. The second-order valence-corrected chi connectivity index (χ2v) is 8.11. The highest BCUT2D eigenvalue weighted by Crippen LogP contribution is 2.44. The number of hydrogen-bond donors (Lipinski definition) is 1. The summed E-state index contributed by atoms with van der Waals surface area (Å²) in [6.45, 7) is 0.524. The number of carbonyl (C=O) groups is 2. The first-order valence-electron chi connectivity index (χ1n) is 8.34. The molecule has 2 amide bonds. The molecule has 7 nitrogen and oxygen atoms in total. The summed E-state index contributed by atoms with van der Waals surface area (Å²) in [5.74, 6) is 0.213. The number of fused-ring (bicyclic) bond motifs is 1. The Morgan fingerprint density at radius 2 is 2.08 bits per heavy atom. The van der Waals surface area contributed by atoms with E-state index >= 15 is 0 Å². The standard InChI is InChI=1S/C16H20N4O3S/c1-24(23)15-18-9-10-8-16(6-7-17-13(16)21)14(22)20(12(10)19-15)11-4-2-3-5-11/h9,11H,2-8H2,1H3,(H,17,21)/t16-,24?/m0/s1. The highest BCUT2D eigenvalue weighted by Gasteiger charge is 2.56. The molecule has 0 bridgehead atoms. The van der Waals surface area contributed by atoms with Gasteiger partial charge in [0.1, 0.15) is 11.2 Å². The van der Waals surface area contributed by atoms with Gasteiger partial charge in [-0.15, -0.1) is 0 Å². The SMILES string of the molecule is CS(=O)c1ncc2c(n1)N(C1CCCC1)C(=O)[C@@]1(CCNC1=O)C2. The van der Waals surface area contributed by atoms with Crippen LogP contribution in [0.1, 0.15) is 37.7 Å². The molecule has 1 saturated carbocycles. The maximum absolute atomic E-state index is 13.3. The molecule has 1 aromatic heterocycles. The number of hydrogen-bond acceptors (Lipinski definition) is 5. The molecule has 0 aromatic carbocycles. The smallest absolute Gasteiger partial charge is 0.244 e. The normalized spacial score (nSPS) is 28.3. The van der Waals surface area contributed by atoms with Gasteiger partial charge in [0.15, 0.2) is 0 Å². The number of nitrogens with one attached hydrogen (secondary N) is 1. The van der Waals surface area contributed by atoms with Crippen molar-refractivity contribution in [2.75, 3.05) is 17.7 Å². The van der Waals surface area contributed by atoms with E-state index in [2.05, 4.69) is 15.3 Å². The molecular weight excluding hydrogens is 328 g/mol. The van der Waals surface area contributed by atoms with Gasteiger partial charge in [0.2, 0.25) is 17.0 Å². The van der Waals surface area contributed by atoms with Crippen molar-refractivity contribution >= 4 is 28.4 Å². The Morgan fingerprint density at radius 3 is 2.71 bits per heavy atom. The van der Waals surface area contributed by atoms with Crippen LogP contribution in [0.2, 0.25) is 0 Å². The van der Waals surface area contributed by atoms with E-state index < -0.39 is 16.2 Å². The van der Waals surface area contributed by atoms with Crippen LogP contribution in [0.3, 0.4) is 0 Å². The van der Waals surface area contributed by atoms with Crippen molar-refractivity contribution in [3.63, 3.8) is 0 Å². The lowest BCUT2D eigenvalue weighted by atomic mass is 9.76. The lowest BCUT2D eigenvalue weighted by Gasteiger charge is -2.40. The quantitative estimate of drug-likeness (QED) is 0.622. The Balaban J connectivity index is 1.86. The summed E-state index contributed by atoms with van der Waals surface area (Å²) in [6, 6.07) is 0.0647. The number of aromatic nitrogens is 2. The first-order valence-corrected chi connectivity index (χ1v) is 9.90. The number of amides is 2. The molecule has 2 fully saturated rings. The van der Waals surface area contributed by atoms with Gasteiger partial charge in [0, 0.05) is 37.0 Å². The van der Waals surface area contributed by atoms with E-state index in [1.54, 1.807) is 11.1 Å². The molecule has 1 N–H and O–H groups in total. The Hall–Kier alpha value is -1.83. The maximum Gasteiger partial charge on any atom is 0.244 e. The van der Waals surface area contributed by atoms with Crippen molar-refractivity contribution in [2.45, 2.75) is 49.7 Å². The zero-order chi connectivity index (χ0) is 16.9. The van der Waals surface area contributed by atoms with E-state index in [1.807, 2.05) is 0 Å². The van der Waals surface area contributed by atoms with Gasteiger partial charge in [0.25, 0.3) is 0 Å². The molecule has 128 valence electrons. The third-order valence-corrected chi connectivity index (χ3v) is 6.10. The second kappa shape index (κ2) is 5.61. The third-order valence-electron chi connectivity index (χ3n) is 5.39. The molecule has 4 rings (SSSR count). The van der Waals surface area contributed by atoms with Crippen LogP contribution in [0.4, 0.5) is 5.82 Å². The van der Waals surface area contributed by atoms with Gasteiger partial charge < -0.3 is 5.32 Å². The molecule has 2 atom stereocenters. The van der Waals surface area contributed by atoms with E-state index in [0.717, 1.165) is 31.2 Å². The minimum Gasteiger partial charge on any atom is -0.355 e. The summed E-state index contributed by atoms with van der Waals surface area (Å²) in [4.78, 5) is 36.1. The largest absolute Gasteiger partial charge is 0.355 e. The minimum absolute atomic E-state index is 0.0647. The molecule has 1 saturated heterocycles. The van der Waals surface area contributed by atoms with Gasteiger partial charge in [-0.1, -0.05) is 12.8 Å². The highest BCUT2D eigenvalue weighted by atomic mass is 32.2. The Morgan fingerprint density at radius 1 is 1.33 bits per heavy atom. The lowest BCUT2D eigenvalue weighted by molar-refractivity contribution is -0.140. The minimum atomic E-state index is -1.31. The van der Waals surface area contributed by atoms with Crippen molar-refractivity contribution in [1.29, 1.82) is 0 Å². The molecule has 1 spiro atoms. The molecule has 8 heteroatoms. The van der Waals surface area contributed by atoms with E-state index in [0.29, 0.717) is 25.2 Å². The second-order valence-electron chi connectivity index (χ2n) is 6.83. The van der Waals surface area contributed by atoms with Gasteiger partial charge in [-0.2, -0.15) is 0 Å².